The van der Waals surface area contributed by atoms with Crippen molar-refractivity contribution in [1.29, 1.82) is 0 Å². The van der Waals surface area contributed by atoms with E-state index in [4.69, 9.17) is 4.98 Å². The fourth-order valence-electron chi connectivity index (χ4n) is 4.05. The van der Waals surface area contributed by atoms with Gasteiger partial charge in [-0.15, -0.1) is 0 Å². The van der Waals surface area contributed by atoms with Crippen molar-refractivity contribution in [1.82, 2.24) is 24.9 Å². The van der Waals surface area contributed by atoms with E-state index in [-0.39, 0.29) is 24.4 Å². The number of fused-ring (bicyclic) bond motifs is 1. The first kappa shape index (κ1) is 18.8. The van der Waals surface area contributed by atoms with E-state index >= 15 is 0 Å². The molecule has 0 bridgehead atoms. The van der Waals surface area contributed by atoms with Gasteiger partial charge in [0.25, 0.3) is 0 Å². The van der Waals surface area contributed by atoms with Crippen LogP contribution in [0.15, 0.2) is 36.8 Å². The Bertz CT molecular complexity index is 1060. The highest BCUT2D eigenvalue weighted by Gasteiger charge is 2.30. The first-order valence-corrected chi connectivity index (χ1v) is 10.1. The monoisotopic (exact) mass is 407 g/mol. The van der Waals surface area contributed by atoms with Crippen LogP contribution in [0.5, 0.6) is 0 Å². The van der Waals surface area contributed by atoms with Gasteiger partial charge in [0.1, 0.15) is 17.5 Å². The molecular formula is C21H22FN7O. The number of pyridine rings is 1. The number of halogens is 1. The van der Waals surface area contributed by atoms with Gasteiger partial charge in [-0.05, 0) is 13.0 Å². The van der Waals surface area contributed by atoms with Crippen LogP contribution in [0.1, 0.15) is 24.2 Å². The molecule has 5 heterocycles. The molecule has 154 valence electrons. The third-order valence-corrected chi connectivity index (χ3v) is 5.77. The summed E-state index contributed by atoms with van der Waals surface area (Å²) in [5.41, 5.74) is 1.96. The molecule has 0 aliphatic carbocycles. The number of aliphatic hydroxyl groups excluding tert-OH is 1. The van der Waals surface area contributed by atoms with Crippen molar-refractivity contribution >= 4 is 11.6 Å². The number of aromatic nitrogens is 5. The van der Waals surface area contributed by atoms with Crippen molar-refractivity contribution in [3.05, 3.63) is 53.9 Å². The lowest BCUT2D eigenvalue weighted by Crippen LogP contribution is -2.49. The van der Waals surface area contributed by atoms with Gasteiger partial charge in [0.15, 0.2) is 11.6 Å². The highest BCUT2D eigenvalue weighted by Crippen LogP contribution is 2.34. The van der Waals surface area contributed by atoms with Crippen LogP contribution in [-0.2, 0) is 6.42 Å². The molecule has 8 nitrogen and oxygen atoms in total. The van der Waals surface area contributed by atoms with Crippen LogP contribution in [0, 0.1) is 11.7 Å². The molecule has 1 unspecified atom stereocenters. The number of nitrogens with zero attached hydrogens (tertiary/aromatic N) is 7. The summed E-state index contributed by atoms with van der Waals surface area (Å²) in [7, 11) is 0. The van der Waals surface area contributed by atoms with Crippen LogP contribution in [0.2, 0.25) is 0 Å². The van der Waals surface area contributed by atoms with Crippen molar-refractivity contribution in [2.24, 2.45) is 5.92 Å². The third kappa shape index (κ3) is 3.35. The van der Waals surface area contributed by atoms with Crippen LogP contribution in [-0.4, -0.2) is 56.3 Å². The van der Waals surface area contributed by atoms with Gasteiger partial charge in [-0.25, -0.2) is 29.3 Å². The van der Waals surface area contributed by atoms with E-state index in [0.29, 0.717) is 49.3 Å². The lowest BCUT2D eigenvalue weighted by atomic mass is 9.99. The quantitative estimate of drug-likeness (QED) is 0.703. The molecule has 1 N–H and O–H groups in total. The van der Waals surface area contributed by atoms with Crippen molar-refractivity contribution < 1.29 is 9.50 Å². The Balaban J connectivity index is 1.41. The molecule has 30 heavy (non-hydrogen) atoms. The largest absolute Gasteiger partial charge is 0.396 e. The molecule has 0 saturated carbocycles. The molecule has 5 rings (SSSR count). The van der Waals surface area contributed by atoms with Gasteiger partial charge >= 0.3 is 0 Å². The van der Waals surface area contributed by atoms with Crippen LogP contribution in [0.3, 0.4) is 0 Å². The SMILES string of the molecule is CC1c2cnc(-c3ncccn3)nc2CCN1c1cc(F)cc(N2CC(CO)C2)n1. The Kier molecular flexibility index (Phi) is 4.74. The maximum atomic E-state index is 14.4. The van der Waals surface area contributed by atoms with Gasteiger partial charge in [0.2, 0.25) is 0 Å². The second kappa shape index (κ2) is 7.56. The van der Waals surface area contributed by atoms with Crippen molar-refractivity contribution in [3.63, 3.8) is 0 Å². The summed E-state index contributed by atoms with van der Waals surface area (Å²) in [6, 6.07) is 4.64. The lowest BCUT2D eigenvalue weighted by molar-refractivity contribution is 0.200. The van der Waals surface area contributed by atoms with E-state index in [1.165, 1.54) is 12.1 Å². The molecule has 3 aromatic heterocycles. The molecule has 0 radical (unpaired) electrons. The van der Waals surface area contributed by atoms with E-state index in [1.807, 2.05) is 11.1 Å². The van der Waals surface area contributed by atoms with Crippen molar-refractivity contribution in [2.75, 3.05) is 36.0 Å². The van der Waals surface area contributed by atoms with Crippen molar-refractivity contribution in [2.45, 2.75) is 19.4 Å². The van der Waals surface area contributed by atoms with E-state index in [9.17, 15) is 9.50 Å². The molecule has 2 aliphatic rings. The molecule has 9 heteroatoms. The van der Waals surface area contributed by atoms with Gasteiger partial charge in [0, 0.05) is 74.9 Å². The fourth-order valence-corrected chi connectivity index (χ4v) is 4.05. The first-order valence-electron chi connectivity index (χ1n) is 10.1. The summed E-state index contributed by atoms with van der Waals surface area (Å²) in [6.07, 6.45) is 5.85. The second-order valence-corrected chi connectivity index (χ2v) is 7.74. The number of hydrogen-bond acceptors (Lipinski definition) is 8. The molecular weight excluding hydrogens is 385 g/mol. The van der Waals surface area contributed by atoms with E-state index in [0.717, 1.165) is 11.3 Å². The topological polar surface area (TPSA) is 91.2 Å². The summed E-state index contributed by atoms with van der Waals surface area (Å²) in [6.45, 7) is 4.27. The normalized spacial score (nSPS) is 18.8. The minimum absolute atomic E-state index is 0.0387. The smallest absolute Gasteiger partial charge is 0.197 e. The molecule has 0 spiro atoms. The Hall–Kier alpha value is -3.20. The Morgan fingerprint density at radius 1 is 1.07 bits per heavy atom. The summed E-state index contributed by atoms with van der Waals surface area (Å²) in [5, 5.41) is 9.23. The van der Waals surface area contributed by atoms with Gasteiger partial charge < -0.3 is 14.9 Å². The zero-order chi connectivity index (χ0) is 20.7. The third-order valence-electron chi connectivity index (χ3n) is 5.77. The molecule has 1 atom stereocenters. The summed E-state index contributed by atoms with van der Waals surface area (Å²) in [5.74, 6) is 2.15. The predicted molar refractivity (Wildman–Crippen MR) is 110 cm³/mol. The highest BCUT2D eigenvalue weighted by atomic mass is 19.1. The molecule has 1 fully saturated rings. The average molecular weight is 407 g/mol. The van der Waals surface area contributed by atoms with Gasteiger partial charge in [0.05, 0.1) is 11.7 Å². The fraction of sp³-hybridized carbons (Fsp3) is 0.381. The standard InChI is InChI=1S/C21H22FN7O/c1-13-16-9-25-21(20-23-4-2-5-24-20)26-17(16)3-6-29(13)19-8-15(22)7-18(27-19)28-10-14(11-28)12-30/h2,4-5,7-9,13-14,30H,3,6,10-12H2,1H3. The van der Waals surface area contributed by atoms with Gasteiger partial charge in [-0.3, -0.25) is 0 Å². The lowest BCUT2D eigenvalue weighted by Gasteiger charge is -2.40. The molecule has 1 saturated heterocycles. The first-order chi connectivity index (χ1) is 14.6. The molecule has 0 aromatic carbocycles. The zero-order valence-corrected chi connectivity index (χ0v) is 16.6. The van der Waals surface area contributed by atoms with E-state index in [1.54, 1.807) is 18.5 Å². The minimum atomic E-state index is -0.312. The van der Waals surface area contributed by atoms with E-state index in [2.05, 4.69) is 31.8 Å². The van der Waals surface area contributed by atoms with Gasteiger partial charge in [-0.2, -0.15) is 0 Å². The van der Waals surface area contributed by atoms with Gasteiger partial charge in [-0.1, -0.05) is 0 Å². The van der Waals surface area contributed by atoms with Crippen LogP contribution < -0.4 is 9.80 Å². The maximum absolute atomic E-state index is 14.4. The molecule has 0 amide bonds. The number of hydrogen-bond donors (Lipinski definition) is 1. The number of aliphatic hydroxyl groups is 1. The maximum Gasteiger partial charge on any atom is 0.197 e. The second-order valence-electron chi connectivity index (χ2n) is 7.74. The summed E-state index contributed by atoms with van der Waals surface area (Å²) < 4.78 is 14.4. The van der Waals surface area contributed by atoms with Crippen LogP contribution in [0.25, 0.3) is 11.6 Å². The average Bonchev–Trinajstić information content (AvgIpc) is 2.73. The number of anilines is 2. The van der Waals surface area contributed by atoms with E-state index < -0.39 is 0 Å². The van der Waals surface area contributed by atoms with Crippen LogP contribution in [0.4, 0.5) is 16.0 Å². The minimum Gasteiger partial charge on any atom is -0.396 e. The Labute approximate surface area is 173 Å². The summed E-state index contributed by atoms with van der Waals surface area (Å²) >= 11 is 0. The molecule has 2 aliphatic heterocycles. The Morgan fingerprint density at radius 3 is 2.60 bits per heavy atom. The van der Waals surface area contributed by atoms with Crippen LogP contribution >= 0.6 is 0 Å². The Morgan fingerprint density at radius 2 is 1.83 bits per heavy atom. The van der Waals surface area contributed by atoms with Crippen molar-refractivity contribution in [3.8, 4) is 11.6 Å². The highest BCUT2D eigenvalue weighted by molar-refractivity contribution is 5.54. The summed E-state index contributed by atoms with van der Waals surface area (Å²) in [4.78, 5) is 26.4. The zero-order valence-electron chi connectivity index (χ0n) is 16.6. The number of rotatable bonds is 4. The predicted octanol–water partition coefficient (Wildman–Crippen LogP) is 2.02. The molecule has 3 aromatic rings.